The van der Waals surface area contributed by atoms with Crippen molar-refractivity contribution >= 4 is 81.1 Å². The second-order valence-electron chi connectivity index (χ2n) is 11.6. The van der Waals surface area contributed by atoms with Crippen molar-refractivity contribution in [2.75, 3.05) is 42.8 Å². The average Bonchev–Trinajstić information content (AvgIpc) is 3.69. The first-order valence-corrected chi connectivity index (χ1v) is 19.3. The summed E-state index contributed by atoms with van der Waals surface area (Å²) in [5.41, 5.74) is 5.44. The van der Waals surface area contributed by atoms with E-state index in [0.29, 0.717) is 20.6 Å². The second kappa shape index (κ2) is 19.8. The number of benzene rings is 1. The molecule has 1 aromatic carbocycles. The maximum atomic E-state index is 13.8. The van der Waals surface area contributed by atoms with E-state index in [4.69, 9.17) is 10.5 Å². The van der Waals surface area contributed by atoms with Crippen molar-refractivity contribution in [1.29, 1.82) is 0 Å². The number of carboxylic acid groups (broad SMARTS) is 2. The number of β-lactam (4-membered cyclic amide) rings is 1. The molecule has 0 bridgehead atoms. The zero-order chi connectivity index (χ0) is 39.5. The van der Waals surface area contributed by atoms with Gasteiger partial charge in [0.05, 0.1) is 43.0 Å². The van der Waals surface area contributed by atoms with E-state index >= 15 is 0 Å². The summed E-state index contributed by atoms with van der Waals surface area (Å²) >= 11 is 2.31. The molecule has 7 amide bonds. The number of amides is 7. The number of hydrazine groups is 1. The van der Waals surface area contributed by atoms with E-state index in [0.717, 1.165) is 22.9 Å². The van der Waals surface area contributed by atoms with Crippen molar-refractivity contribution < 1.29 is 116 Å². The number of aromatic nitrogens is 4. The van der Waals surface area contributed by atoms with E-state index < -0.39 is 82.0 Å². The third-order valence-electron chi connectivity index (χ3n) is 7.74. The minimum atomic E-state index is -3.88. The van der Waals surface area contributed by atoms with Crippen LogP contribution in [0.4, 0.5) is 20.1 Å². The van der Waals surface area contributed by atoms with Crippen molar-refractivity contribution in [3.05, 3.63) is 41.1 Å². The van der Waals surface area contributed by atoms with Gasteiger partial charge in [0.1, 0.15) is 24.1 Å². The molecule has 6 N–H and O–H groups in total. The van der Waals surface area contributed by atoms with Crippen LogP contribution in [-0.2, 0) is 41.0 Å². The Morgan fingerprint density at radius 2 is 1.79 bits per heavy atom. The molecule has 2 saturated heterocycles. The molecule has 1 aromatic heterocycles. The number of hydrogen-bond acceptors (Lipinski definition) is 18. The standard InChI is InChI=1S/C27H32N12O12S3.2Na/c1-36-25(32-33-34-36)53-11-13-10-52-21-17(20(41)39(21)18(13)23(44)45)30-19(40)16(31-24(46)37-7-8-38(27(37)48)35-54(2,49)50)12-3-5-14(6-4-12)29-26(47)51-9-15(28)22(42)43;;/h3-6,15-17,21,35H,7-11,28H2,1-2H3,(H,29,47)(H,30,40)(H,31,46)(H,42,43)(H,44,45);;/q;2*+1/p-2/t15-,16-,17-,21+;;/m1../s1. The third-order valence-corrected chi connectivity index (χ3v) is 10.7. The van der Waals surface area contributed by atoms with Gasteiger partial charge in [0.15, 0.2) is 0 Å². The van der Waals surface area contributed by atoms with E-state index in [-0.39, 0.29) is 101 Å². The summed E-state index contributed by atoms with van der Waals surface area (Å²) in [5, 5.41) is 41.5. The van der Waals surface area contributed by atoms with E-state index in [2.05, 4.69) is 31.5 Å². The fourth-order valence-corrected chi connectivity index (χ4v) is 8.08. The van der Waals surface area contributed by atoms with Crippen LogP contribution in [0.5, 0.6) is 0 Å². The molecular formula is C27H30N12Na2O12S3. The number of ether oxygens (including phenoxy) is 1. The van der Waals surface area contributed by atoms with Crippen molar-refractivity contribution in [3.63, 3.8) is 0 Å². The smallest absolute Gasteiger partial charge is 0.548 e. The van der Waals surface area contributed by atoms with Gasteiger partial charge in [0, 0.05) is 24.2 Å². The minimum Gasteiger partial charge on any atom is -0.548 e. The van der Waals surface area contributed by atoms with E-state index in [1.54, 1.807) is 7.05 Å². The number of carboxylic acids is 2. The van der Waals surface area contributed by atoms with Gasteiger partial charge in [-0.05, 0) is 33.7 Å². The predicted molar refractivity (Wildman–Crippen MR) is 179 cm³/mol. The number of thioether (sulfide) groups is 2. The van der Waals surface area contributed by atoms with Gasteiger partial charge in [0.25, 0.3) is 5.91 Å². The number of anilines is 1. The number of rotatable bonds is 14. The monoisotopic (exact) mass is 856 g/mol. The van der Waals surface area contributed by atoms with Crippen LogP contribution in [0.1, 0.15) is 11.6 Å². The molecule has 290 valence electrons. The Bertz CT molecular complexity index is 2020. The number of urea groups is 2. The van der Waals surface area contributed by atoms with Gasteiger partial charge >= 0.3 is 77.3 Å². The fourth-order valence-electron chi connectivity index (χ4n) is 5.17. The number of nitrogens with zero attached hydrogens (tertiary/aromatic N) is 7. The Morgan fingerprint density at radius 1 is 1.11 bits per heavy atom. The number of nitrogens with two attached hydrogens (primary N) is 1. The number of sulfonamides is 1. The van der Waals surface area contributed by atoms with E-state index in [1.807, 2.05) is 4.83 Å². The molecule has 29 heteroatoms. The molecule has 4 atom stereocenters. The van der Waals surface area contributed by atoms with Gasteiger partial charge in [-0.15, -0.1) is 21.7 Å². The number of fused-ring (bicyclic) bond motifs is 1. The molecule has 5 rings (SSSR count). The van der Waals surface area contributed by atoms with Gasteiger partial charge in [0.2, 0.25) is 21.1 Å². The summed E-state index contributed by atoms with van der Waals surface area (Å²) in [7, 11) is -2.28. The molecule has 2 aromatic rings. The van der Waals surface area contributed by atoms with Crippen LogP contribution in [0.15, 0.2) is 40.7 Å². The summed E-state index contributed by atoms with van der Waals surface area (Å²) in [5.74, 6) is -4.71. The Kier molecular flexibility index (Phi) is 16.5. The van der Waals surface area contributed by atoms with Crippen LogP contribution in [-0.4, -0.2) is 140 Å². The first kappa shape index (κ1) is 46.9. The Labute approximate surface area is 370 Å². The fraction of sp³-hybridized carbons (Fsp3) is 0.407. The summed E-state index contributed by atoms with van der Waals surface area (Å²) in [6, 6.07) is -1.39. The number of carbonyl (C=O) groups excluding carboxylic acids is 7. The molecule has 0 saturated carbocycles. The molecule has 56 heavy (non-hydrogen) atoms. The van der Waals surface area contributed by atoms with Gasteiger partial charge < -0.3 is 40.9 Å². The maximum Gasteiger partial charge on any atom is 1.00 e. The van der Waals surface area contributed by atoms with Crippen LogP contribution in [0.3, 0.4) is 0 Å². The molecule has 0 radical (unpaired) electrons. The molecule has 4 heterocycles. The summed E-state index contributed by atoms with van der Waals surface area (Å²) in [4.78, 5) is 92.0. The Hall–Kier alpha value is -3.51. The SMILES string of the molecule is Cn1nnnc1SCC1=C(C(=O)[O-])N2C(=O)[C@@H](NC(=O)[C@H](NC(=O)N3CCN(NS(C)(=O)=O)C3=O)c3ccc(NC(=O)OC[C@@H](N)C(=O)[O-])cc3)[C@@H]2SC1.[Na+].[Na+]. The quantitative estimate of drug-likeness (QED) is 0.0669. The van der Waals surface area contributed by atoms with Crippen molar-refractivity contribution in [1.82, 2.24) is 50.5 Å². The van der Waals surface area contributed by atoms with Gasteiger partial charge in [-0.25, -0.2) is 37.4 Å². The van der Waals surface area contributed by atoms with Crippen molar-refractivity contribution in [2.24, 2.45) is 12.8 Å². The van der Waals surface area contributed by atoms with Crippen LogP contribution in [0, 0.1) is 0 Å². The zero-order valence-electron chi connectivity index (χ0n) is 30.0. The number of tetrazole rings is 1. The van der Waals surface area contributed by atoms with E-state index in [9.17, 15) is 52.2 Å². The molecule has 3 aliphatic rings. The summed E-state index contributed by atoms with van der Waals surface area (Å²) < 4.78 is 29.4. The number of hydrogen-bond donors (Lipinski definition) is 5. The molecule has 3 aliphatic heterocycles. The first-order valence-electron chi connectivity index (χ1n) is 15.4. The van der Waals surface area contributed by atoms with Crippen LogP contribution < -0.4 is 95.8 Å². The number of aryl methyl sites for hydroxylation is 1. The average molecular weight is 857 g/mol. The van der Waals surface area contributed by atoms with Gasteiger partial charge in [-0.1, -0.05) is 23.9 Å². The Morgan fingerprint density at radius 3 is 2.38 bits per heavy atom. The van der Waals surface area contributed by atoms with Crippen molar-refractivity contribution in [3.8, 4) is 0 Å². The number of nitrogens with one attached hydrogen (secondary N) is 4. The van der Waals surface area contributed by atoms with Crippen molar-refractivity contribution in [2.45, 2.75) is 28.7 Å². The molecule has 2 fully saturated rings. The number of aliphatic carboxylic acids is 2. The predicted octanol–water partition coefficient (Wildman–Crippen LogP) is -11.0. The number of carbonyl (C=O) groups is 7. The summed E-state index contributed by atoms with van der Waals surface area (Å²) in [6.07, 6.45) is -0.266. The largest absolute Gasteiger partial charge is 1.00 e. The molecule has 24 nitrogen and oxygen atoms in total. The van der Waals surface area contributed by atoms with Crippen LogP contribution >= 0.6 is 23.5 Å². The molecule has 0 unspecified atom stereocenters. The third kappa shape index (κ3) is 11.1. The molecule has 0 aliphatic carbocycles. The van der Waals surface area contributed by atoms with Gasteiger partial charge in [-0.2, -0.15) is 0 Å². The topological polar surface area (TPSA) is 336 Å². The zero-order valence-corrected chi connectivity index (χ0v) is 36.4. The molecule has 0 spiro atoms. The minimum absolute atomic E-state index is 0. The van der Waals surface area contributed by atoms with E-state index in [1.165, 1.54) is 40.7 Å². The maximum absolute atomic E-state index is 13.8. The molecular weight excluding hydrogens is 827 g/mol. The second-order valence-corrected chi connectivity index (χ2v) is 15.4. The van der Waals surface area contributed by atoms with Crippen LogP contribution in [0.2, 0.25) is 0 Å². The Balaban J connectivity index is 0.00000420. The number of imide groups is 1. The first-order chi connectivity index (χ1) is 25.4. The van der Waals surface area contributed by atoms with Crippen LogP contribution in [0.25, 0.3) is 0 Å². The summed E-state index contributed by atoms with van der Waals surface area (Å²) in [6.45, 7) is -1.17. The normalized spacial score (nSPS) is 18.7. The van der Waals surface area contributed by atoms with Gasteiger partial charge in [-0.3, -0.25) is 19.8 Å².